The lowest BCUT2D eigenvalue weighted by atomic mass is 10.2. The molecule has 0 saturated carbocycles. The van der Waals surface area contributed by atoms with Gasteiger partial charge in [-0.05, 0) is 7.05 Å². The van der Waals surface area contributed by atoms with Gasteiger partial charge in [0, 0.05) is 12.5 Å². The second kappa shape index (κ2) is 17.0. The minimum atomic E-state index is -1.21. The number of ether oxygens (including phenoxy) is 4. The number of carbonyl (C=O) groups is 1. The zero-order valence-corrected chi connectivity index (χ0v) is 15.1. The molecule has 144 valence electrons. The van der Waals surface area contributed by atoms with Crippen LogP contribution in [0.5, 0.6) is 0 Å². The van der Waals surface area contributed by atoms with Crippen LogP contribution in [-0.4, -0.2) is 85.1 Å². The van der Waals surface area contributed by atoms with Gasteiger partial charge in [0.25, 0.3) is 0 Å². The number of hydrogen-bond donors (Lipinski definition) is 2. The molecule has 2 N–H and O–H groups in total. The predicted octanol–water partition coefficient (Wildman–Crippen LogP) is 0.383. The molecule has 0 aliphatic carbocycles. The molecular weight excluding hydrogens is 319 g/mol. The van der Waals surface area contributed by atoms with Gasteiger partial charge in [-0.15, -0.1) is 0 Å². The van der Waals surface area contributed by atoms with Gasteiger partial charge in [0.15, 0.2) is 0 Å². The third kappa shape index (κ3) is 16.1. The first kappa shape index (κ1) is 23.2. The molecule has 0 heterocycles. The van der Waals surface area contributed by atoms with Crippen LogP contribution in [-0.2, 0) is 23.7 Å². The number of halogens is 1. The van der Waals surface area contributed by atoms with Crippen LogP contribution in [0.2, 0.25) is 0 Å². The molecule has 0 aromatic heterocycles. The van der Waals surface area contributed by atoms with Crippen molar-refractivity contribution in [2.45, 2.75) is 20.0 Å². The minimum absolute atomic E-state index is 0.0257. The lowest BCUT2D eigenvalue weighted by molar-refractivity contribution is -0.124. The minimum Gasteiger partial charge on any atom is -0.378 e. The van der Waals surface area contributed by atoms with E-state index in [1.54, 1.807) is 13.8 Å². The first-order chi connectivity index (χ1) is 11.6. The van der Waals surface area contributed by atoms with Crippen LogP contribution >= 0.6 is 0 Å². The highest BCUT2D eigenvalue weighted by molar-refractivity contribution is 5.77. The second-order valence-corrected chi connectivity index (χ2v) is 5.51. The molecule has 0 aliphatic rings. The van der Waals surface area contributed by atoms with E-state index in [2.05, 4.69) is 10.6 Å². The lowest BCUT2D eigenvalue weighted by Gasteiger charge is -2.12. The molecule has 0 aromatic carbocycles. The summed E-state index contributed by atoms with van der Waals surface area (Å²) in [7, 11) is 1.87. The Balaban J connectivity index is 3.20. The van der Waals surface area contributed by atoms with E-state index in [0.717, 1.165) is 6.54 Å². The second-order valence-electron chi connectivity index (χ2n) is 5.51. The lowest BCUT2D eigenvalue weighted by Crippen LogP contribution is -2.35. The van der Waals surface area contributed by atoms with Crippen molar-refractivity contribution in [2.24, 2.45) is 5.92 Å². The smallest absolute Gasteiger partial charge is 0.222 e. The fourth-order valence-corrected chi connectivity index (χ4v) is 1.52. The van der Waals surface area contributed by atoms with Gasteiger partial charge in [-0.3, -0.25) is 4.79 Å². The van der Waals surface area contributed by atoms with E-state index < -0.39 is 6.17 Å². The van der Waals surface area contributed by atoms with Gasteiger partial charge in [0.05, 0.1) is 59.4 Å². The Bertz CT molecular complexity index is 296. The summed E-state index contributed by atoms with van der Waals surface area (Å²) in [4.78, 5) is 11.3. The average molecular weight is 352 g/mol. The monoisotopic (exact) mass is 352 g/mol. The highest BCUT2D eigenvalue weighted by Gasteiger charge is 2.11. The van der Waals surface area contributed by atoms with Crippen molar-refractivity contribution in [2.75, 3.05) is 73.0 Å². The third-order valence-corrected chi connectivity index (χ3v) is 2.93. The van der Waals surface area contributed by atoms with Crippen molar-refractivity contribution in [1.82, 2.24) is 10.6 Å². The summed E-state index contributed by atoms with van der Waals surface area (Å²) in [6.45, 7) is 7.69. The number of likely N-dealkylation sites (N-methyl/N-ethyl adjacent to an activating group) is 1. The van der Waals surface area contributed by atoms with E-state index in [0.29, 0.717) is 46.2 Å². The first-order valence-corrected chi connectivity index (χ1v) is 8.45. The van der Waals surface area contributed by atoms with Crippen molar-refractivity contribution in [3.8, 4) is 0 Å². The molecule has 8 heteroatoms. The Labute approximate surface area is 144 Å². The van der Waals surface area contributed by atoms with Crippen LogP contribution in [0.4, 0.5) is 4.39 Å². The van der Waals surface area contributed by atoms with Gasteiger partial charge in [-0.2, -0.15) is 0 Å². The largest absolute Gasteiger partial charge is 0.378 e. The average Bonchev–Trinajstić information content (AvgIpc) is 2.56. The van der Waals surface area contributed by atoms with Crippen LogP contribution in [0, 0.1) is 5.92 Å². The molecule has 1 atom stereocenters. The summed E-state index contributed by atoms with van der Waals surface area (Å²) < 4.78 is 34.5. The number of nitrogens with one attached hydrogen (secondary N) is 2. The zero-order valence-electron chi connectivity index (χ0n) is 15.1. The molecule has 7 nitrogen and oxygen atoms in total. The first-order valence-electron chi connectivity index (χ1n) is 8.45. The number of carbonyl (C=O) groups excluding carboxylic acids is 1. The molecule has 0 bridgehead atoms. The standard InChI is InChI=1S/C16H33FN2O5/c1-14(2)16(20)19-12-15(17)13-24-11-10-23-9-8-22-7-6-21-5-4-18-3/h14-15,18H,4-13H2,1-3H3,(H,19,20). The SMILES string of the molecule is CNCCOCCOCCOCCOCC(F)CNC(=O)C(C)C. The van der Waals surface area contributed by atoms with E-state index in [1.807, 2.05) is 7.05 Å². The van der Waals surface area contributed by atoms with Gasteiger partial charge in [-0.1, -0.05) is 13.8 Å². The molecule has 0 spiro atoms. The molecular formula is C16H33FN2O5. The van der Waals surface area contributed by atoms with Gasteiger partial charge in [0.1, 0.15) is 6.17 Å². The van der Waals surface area contributed by atoms with Crippen molar-refractivity contribution in [3.63, 3.8) is 0 Å². The maximum atomic E-state index is 13.4. The van der Waals surface area contributed by atoms with E-state index in [9.17, 15) is 9.18 Å². The molecule has 0 saturated heterocycles. The van der Waals surface area contributed by atoms with Crippen molar-refractivity contribution < 1.29 is 28.1 Å². The van der Waals surface area contributed by atoms with Crippen LogP contribution in [0.15, 0.2) is 0 Å². The van der Waals surface area contributed by atoms with Crippen LogP contribution in [0.1, 0.15) is 13.8 Å². The molecule has 0 aliphatic heterocycles. The van der Waals surface area contributed by atoms with Gasteiger partial charge < -0.3 is 29.6 Å². The van der Waals surface area contributed by atoms with Gasteiger partial charge in [-0.25, -0.2) is 4.39 Å². The topological polar surface area (TPSA) is 78.1 Å². The fraction of sp³-hybridized carbons (Fsp3) is 0.938. The van der Waals surface area contributed by atoms with Crippen molar-refractivity contribution >= 4 is 5.91 Å². The Morgan fingerprint density at radius 3 is 1.92 bits per heavy atom. The highest BCUT2D eigenvalue weighted by Crippen LogP contribution is 1.94. The number of rotatable bonds is 17. The van der Waals surface area contributed by atoms with Crippen molar-refractivity contribution in [1.29, 1.82) is 0 Å². The number of alkyl halides is 1. The molecule has 0 radical (unpaired) electrons. The van der Waals surface area contributed by atoms with Crippen LogP contribution in [0.3, 0.4) is 0 Å². The van der Waals surface area contributed by atoms with Crippen LogP contribution < -0.4 is 10.6 Å². The summed E-state index contributed by atoms with van der Waals surface area (Å²) in [5, 5.41) is 5.51. The molecule has 24 heavy (non-hydrogen) atoms. The quantitative estimate of drug-likeness (QED) is 0.369. The summed E-state index contributed by atoms with van der Waals surface area (Å²) >= 11 is 0. The molecule has 0 rings (SSSR count). The van der Waals surface area contributed by atoms with E-state index in [4.69, 9.17) is 18.9 Å². The Morgan fingerprint density at radius 2 is 1.42 bits per heavy atom. The maximum absolute atomic E-state index is 13.4. The Morgan fingerprint density at radius 1 is 0.917 bits per heavy atom. The van der Waals surface area contributed by atoms with Gasteiger partial charge >= 0.3 is 0 Å². The summed E-state index contributed by atoms with van der Waals surface area (Å²) in [6.07, 6.45) is -1.21. The predicted molar refractivity (Wildman–Crippen MR) is 89.9 cm³/mol. The molecule has 0 fully saturated rings. The fourth-order valence-electron chi connectivity index (χ4n) is 1.52. The van der Waals surface area contributed by atoms with E-state index in [-0.39, 0.29) is 25.0 Å². The maximum Gasteiger partial charge on any atom is 0.222 e. The summed E-state index contributed by atoms with van der Waals surface area (Å²) in [6, 6.07) is 0. The highest BCUT2D eigenvalue weighted by atomic mass is 19.1. The Kier molecular flexibility index (Phi) is 16.5. The van der Waals surface area contributed by atoms with Crippen molar-refractivity contribution in [3.05, 3.63) is 0 Å². The van der Waals surface area contributed by atoms with E-state index >= 15 is 0 Å². The van der Waals surface area contributed by atoms with E-state index in [1.165, 1.54) is 0 Å². The number of amides is 1. The van der Waals surface area contributed by atoms with Gasteiger partial charge in [0.2, 0.25) is 5.91 Å². The molecule has 1 unspecified atom stereocenters. The summed E-state index contributed by atoms with van der Waals surface area (Å²) in [5.41, 5.74) is 0. The third-order valence-electron chi connectivity index (χ3n) is 2.93. The normalized spacial score (nSPS) is 12.5. The molecule has 0 aromatic rings. The van der Waals surface area contributed by atoms with Crippen LogP contribution in [0.25, 0.3) is 0 Å². The number of hydrogen-bond acceptors (Lipinski definition) is 6. The summed E-state index contributed by atoms with van der Waals surface area (Å²) in [5.74, 6) is -0.304. The molecule has 1 amide bonds. The zero-order chi connectivity index (χ0) is 18.0. The Hall–Kier alpha value is -0.800.